The number of aliphatic hydroxyl groups is 1. The van der Waals surface area contributed by atoms with Gasteiger partial charge in [0.05, 0.1) is 17.1 Å². The lowest BCUT2D eigenvalue weighted by Crippen LogP contribution is -2.27. The van der Waals surface area contributed by atoms with Gasteiger partial charge in [0, 0.05) is 30.5 Å². The van der Waals surface area contributed by atoms with E-state index in [1.807, 2.05) is 18.2 Å². The van der Waals surface area contributed by atoms with Gasteiger partial charge in [0.1, 0.15) is 0 Å². The zero-order chi connectivity index (χ0) is 18.8. The number of carbonyl (C=O) groups is 1. The van der Waals surface area contributed by atoms with E-state index in [9.17, 15) is 14.7 Å². The smallest absolute Gasteiger partial charge is 0.326 e. The van der Waals surface area contributed by atoms with E-state index in [4.69, 9.17) is 0 Å². The van der Waals surface area contributed by atoms with Crippen molar-refractivity contribution in [3.63, 3.8) is 0 Å². The third-order valence-electron chi connectivity index (χ3n) is 5.19. The Hall–Kier alpha value is -2.93. The number of aromatic amines is 1. The van der Waals surface area contributed by atoms with Crippen LogP contribution < -0.4 is 11.0 Å². The summed E-state index contributed by atoms with van der Waals surface area (Å²) in [4.78, 5) is 31.8. The number of benzene rings is 1. The standard InChI is InChI=1S/C20H22N4O3/c25-16-6-4-15(5-7-16)24-18-8-3-14(10-17(18)23-20(24)27)19(26)22-12-13-2-1-9-21-11-13/h1-3,8-11,15-16,25H,4-7,12H2,(H,22,26)(H,23,27). The van der Waals surface area contributed by atoms with Crippen LogP contribution in [0.25, 0.3) is 11.0 Å². The first-order valence-corrected chi connectivity index (χ1v) is 9.21. The molecule has 1 fully saturated rings. The minimum absolute atomic E-state index is 0.0832. The number of hydrogen-bond acceptors (Lipinski definition) is 4. The van der Waals surface area contributed by atoms with E-state index in [-0.39, 0.29) is 23.7 Å². The number of pyridine rings is 1. The van der Waals surface area contributed by atoms with Gasteiger partial charge < -0.3 is 15.4 Å². The number of H-pyrrole nitrogens is 1. The second kappa shape index (κ2) is 7.36. The number of nitrogens with one attached hydrogen (secondary N) is 2. The summed E-state index contributed by atoms with van der Waals surface area (Å²) in [6.07, 6.45) is 6.10. The van der Waals surface area contributed by atoms with E-state index in [0.717, 1.165) is 23.9 Å². The second-order valence-corrected chi connectivity index (χ2v) is 7.04. The van der Waals surface area contributed by atoms with Crippen molar-refractivity contribution in [3.8, 4) is 0 Å². The fourth-order valence-corrected chi connectivity index (χ4v) is 3.74. The van der Waals surface area contributed by atoms with Crippen LogP contribution in [0.5, 0.6) is 0 Å². The molecule has 0 spiro atoms. The molecule has 0 atom stereocenters. The molecule has 0 aliphatic heterocycles. The van der Waals surface area contributed by atoms with E-state index >= 15 is 0 Å². The molecule has 2 heterocycles. The number of hydrogen-bond donors (Lipinski definition) is 3. The lowest BCUT2D eigenvalue weighted by Gasteiger charge is -2.26. The van der Waals surface area contributed by atoms with Crippen LogP contribution in [-0.2, 0) is 6.54 Å². The van der Waals surface area contributed by atoms with Crippen molar-refractivity contribution < 1.29 is 9.90 Å². The molecule has 7 nitrogen and oxygen atoms in total. The Morgan fingerprint density at radius 3 is 2.81 bits per heavy atom. The van der Waals surface area contributed by atoms with E-state index in [2.05, 4.69) is 15.3 Å². The molecule has 27 heavy (non-hydrogen) atoms. The van der Waals surface area contributed by atoms with Gasteiger partial charge >= 0.3 is 5.69 Å². The van der Waals surface area contributed by atoms with E-state index in [1.165, 1.54) is 0 Å². The summed E-state index contributed by atoms with van der Waals surface area (Å²) in [5, 5.41) is 12.6. The molecule has 4 rings (SSSR count). The molecule has 1 aliphatic carbocycles. The molecule has 140 valence electrons. The van der Waals surface area contributed by atoms with Crippen LogP contribution in [0.1, 0.15) is 47.6 Å². The quantitative estimate of drug-likeness (QED) is 0.658. The molecule has 0 unspecified atom stereocenters. The van der Waals surface area contributed by atoms with Crippen molar-refractivity contribution in [2.24, 2.45) is 0 Å². The molecular weight excluding hydrogens is 344 g/mol. The highest BCUT2D eigenvalue weighted by molar-refractivity contribution is 5.97. The molecule has 0 radical (unpaired) electrons. The van der Waals surface area contributed by atoms with Crippen LogP contribution in [0.4, 0.5) is 0 Å². The predicted molar refractivity (Wildman–Crippen MR) is 101 cm³/mol. The van der Waals surface area contributed by atoms with Gasteiger partial charge in [-0.2, -0.15) is 0 Å². The summed E-state index contributed by atoms with van der Waals surface area (Å²) >= 11 is 0. The van der Waals surface area contributed by atoms with E-state index in [1.54, 1.807) is 29.1 Å². The van der Waals surface area contributed by atoms with Crippen molar-refractivity contribution in [1.82, 2.24) is 19.9 Å². The maximum atomic E-state index is 12.4. The number of rotatable bonds is 4. The summed E-state index contributed by atoms with van der Waals surface area (Å²) in [5.74, 6) is -0.199. The van der Waals surface area contributed by atoms with E-state index < -0.39 is 0 Å². The highest BCUT2D eigenvalue weighted by Crippen LogP contribution is 2.29. The SMILES string of the molecule is O=C(NCc1cccnc1)c1ccc2c(c1)[nH]c(=O)n2C1CCC(O)CC1. The summed E-state index contributed by atoms with van der Waals surface area (Å²) in [6.45, 7) is 0.395. The molecular formula is C20H22N4O3. The molecule has 1 amide bonds. The average molecular weight is 366 g/mol. The van der Waals surface area contributed by atoms with Crippen molar-refractivity contribution in [2.75, 3.05) is 0 Å². The van der Waals surface area contributed by atoms with Gasteiger partial charge in [-0.15, -0.1) is 0 Å². The molecule has 0 bridgehead atoms. The van der Waals surface area contributed by atoms with Gasteiger partial charge in [-0.3, -0.25) is 14.3 Å². The van der Waals surface area contributed by atoms with Crippen molar-refractivity contribution in [1.29, 1.82) is 0 Å². The average Bonchev–Trinajstić information content (AvgIpc) is 3.02. The Labute approximate surface area is 156 Å². The Balaban J connectivity index is 1.54. The fourth-order valence-electron chi connectivity index (χ4n) is 3.74. The van der Waals surface area contributed by atoms with Crippen molar-refractivity contribution in [2.45, 2.75) is 44.4 Å². The van der Waals surface area contributed by atoms with E-state index in [0.29, 0.717) is 30.5 Å². The summed E-state index contributed by atoms with van der Waals surface area (Å²) in [7, 11) is 0. The maximum absolute atomic E-state index is 12.4. The molecule has 2 aromatic heterocycles. The first kappa shape index (κ1) is 17.5. The number of carbonyl (C=O) groups excluding carboxylic acids is 1. The van der Waals surface area contributed by atoms with Crippen LogP contribution in [0, 0.1) is 0 Å². The second-order valence-electron chi connectivity index (χ2n) is 7.04. The summed E-state index contributed by atoms with van der Waals surface area (Å²) in [5.41, 5.74) is 2.70. The Kier molecular flexibility index (Phi) is 4.77. The summed E-state index contributed by atoms with van der Waals surface area (Å²) < 4.78 is 1.76. The molecule has 0 saturated heterocycles. The maximum Gasteiger partial charge on any atom is 0.326 e. The number of nitrogens with zero attached hydrogens (tertiary/aromatic N) is 2. The Morgan fingerprint density at radius 1 is 1.26 bits per heavy atom. The molecule has 1 saturated carbocycles. The number of amides is 1. The number of imidazole rings is 1. The molecule has 3 aromatic rings. The van der Waals surface area contributed by atoms with Gasteiger partial charge in [0.25, 0.3) is 5.91 Å². The lowest BCUT2D eigenvalue weighted by molar-refractivity contribution is 0.0951. The third kappa shape index (κ3) is 3.64. The zero-order valence-electron chi connectivity index (χ0n) is 14.9. The normalized spacial score (nSPS) is 19.9. The van der Waals surface area contributed by atoms with Crippen LogP contribution in [0.15, 0.2) is 47.5 Å². The highest BCUT2D eigenvalue weighted by Gasteiger charge is 2.24. The minimum Gasteiger partial charge on any atom is -0.393 e. The minimum atomic E-state index is -0.266. The monoisotopic (exact) mass is 366 g/mol. The first-order valence-electron chi connectivity index (χ1n) is 9.21. The molecule has 7 heteroatoms. The van der Waals surface area contributed by atoms with Crippen LogP contribution in [0.2, 0.25) is 0 Å². The summed E-state index contributed by atoms with van der Waals surface area (Å²) in [6, 6.07) is 9.07. The third-order valence-corrected chi connectivity index (χ3v) is 5.19. The van der Waals surface area contributed by atoms with Gasteiger partial charge in [-0.05, 0) is 55.5 Å². The Morgan fingerprint density at radius 2 is 2.07 bits per heavy atom. The molecule has 1 aromatic carbocycles. The molecule has 3 N–H and O–H groups in total. The zero-order valence-corrected chi connectivity index (χ0v) is 14.9. The predicted octanol–water partition coefficient (Wildman–Crippen LogP) is 2.13. The lowest BCUT2D eigenvalue weighted by atomic mass is 9.93. The van der Waals surface area contributed by atoms with Crippen molar-refractivity contribution >= 4 is 16.9 Å². The Bertz CT molecular complexity index is 1000. The van der Waals surface area contributed by atoms with Gasteiger partial charge in [-0.1, -0.05) is 6.07 Å². The largest absolute Gasteiger partial charge is 0.393 e. The number of aliphatic hydroxyl groups excluding tert-OH is 1. The molecule has 1 aliphatic rings. The first-order chi connectivity index (χ1) is 13.1. The van der Waals surface area contributed by atoms with Crippen LogP contribution in [0.3, 0.4) is 0 Å². The van der Waals surface area contributed by atoms with Gasteiger partial charge in [0.15, 0.2) is 0 Å². The van der Waals surface area contributed by atoms with Crippen LogP contribution in [-0.4, -0.2) is 31.7 Å². The van der Waals surface area contributed by atoms with Crippen molar-refractivity contribution in [3.05, 3.63) is 64.3 Å². The van der Waals surface area contributed by atoms with Crippen LogP contribution >= 0.6 is 0 Å². The number of aromatic nitrogens is 3. The highest BCUT2D eigenvalue weighted by atomic mass is 16.3. The number of fused-ring (bicyclic) bond motifs is 1. The van der Waals surface area contributed by atoms with Gasteiger partial charge in [-0.25, -0.2) is 4.79 Å². The topological polar surface area (TPSA) is 100 Å². The van der Waals surface area contributed by atoms with Gasteiger partial charge in [0.2, 0.25) is 0 Å². The fraction of sp³-hybridized carbons (Fsp3) is 0.350.